The van der Waals surface area contributed by atoms with Crippen LogP contribution in [0.3, 0.4) is 0 Å². The maximum Gasteiger partial charge on any atom is 0.160 e. The van der Waals surface area contributed by atoms with Crippen LogP contribution in [0.15, 0.2) is 222 Å². The molecule has 0 atom stereocenters. The lowest BCUT2D eigenvalue weighted by atomic mass is 9.67. The molecule has 2 aromatic heterocycles. The van der Waals surface area contributed by atoms with Crippen LogP contribution in [-0.4, -0.2) is 15.0 Å². The molecule has 3 heterocycles. The normalized spacial score (nSPS) is 13.2. The third-order valence-corrected chi connectivity index (χ3v) is 14.1. The van der Waals surface area contributed by atoms with E-state index in [0.29, 0.717) is 0 Å². The van der Waals surface area contributed by atoms with Gasteiger partial charge in [-0.25, -0.2) is 15.0 Å². The number of hydrogen-bond acceptors (Lipinski definition) is 4. The van der Waals surface area contributed by atoms with Gasteiger partial charge in [0.25, 0.3) is 0 Å². The average molecular weight is 806 g/mol. The summed E-state index contributed by atoms with van der Waals surface area (Å²) in [6.45, 7) is 0. The van der Waals surface area contributed by atoms with E-state index >= 15 is 0 Å². The molecule has 4 heteroatoms. The summed E-state index contributed by atoms with van der Waals surface area (Å²) in [5.41, 5.74) is 16.7. The minimum absolute atomic E-state index is 0.448. The molecule has 1 aliphatic carbocycles. The van der Waals surface area contributed by atoms with Crippen molar-refractivity contribution in [1.29, 1.82) is 0 Å². The maximum atomic E-state index is 5.46. The first-order valence-electron chi connectivity index (χ1n) is 21.1. The SMILES string of the molecule is c1ccc(-c2nc(-c3ccc(-c4cccc(-c5nc6ccccc6c6cc7c(cc56)-c5ccccc5C75c6ccccc6Sc6ccccc65)c4)cc3)c3ccccc3n2)cc1. The number of para-hydroxylation sites is 2. The number of benzene rings is 9. The first-order valence-corrected chi connectivity index (χ1v) is 21.9. The van der Waals surface area contributed by atoms with Crippen molar-refractivity contribution >= 4 is 44.3 Å². The summed E-state index contributed by atoms with van der Waals surface area (Å²) in [7, 11) is 0. The van der Waals surface area contributed by atoms with Crippen molar-refractivity contribution in [2.45, 2.75) is 15.2 Å². The van der Waals surface area contributed by atoms with Crippen molar-refractivity contribution in [3.8, 4) is 56.2 Å². The van der Waals surface area contributed by atoms with Gasteiger partial charge in [-0.3, -0.25) is 0 Å². The zero-order valence-corrected chi connectivity index (χ0v) is 34.3. The van der Waals surface area contributed by atoms with Crippen LogP contribution in [0.4, 0.5) is 0 Å². The summed E-state index contributed by atoms with van der Waals surface area (Å²) < 4.78 is 0. The van der Waals surface area contributed by atoms with Crippen molar-refractivity contribution in [3.63, 3.8) is 0 Å². The molecule has 2 aliphatic rings. The van der Waals surface area contributed by atoms with E-state index in [1.807, 2.05) is 36.0 Å². The number of rotatable bonds is 4. The second kappa shape index (κ2) is 13.7. The molecule has 1 aliphatic heterocycles. The van der Waals surface area contributed by atoms with Crippen LogP contribution < -0.4 is 0 Å². The lowest BCUT2D eigenvalue weighted by Crippen LogP contribution is -2.31. The highest BCUT2D eigenvalue weighted by molar-refractivity contribution is 7.99. The second-order valence-corrected chi connectivity index (χ2v) is 17.3. The predicted octanol–water partition coefficient (Wildman–Crippen LogP) is 14.8. The molecule has 11 aromatic rings. The number of fused-ring (bicyclic) bond motifs is 13. The Balaban J connectivity index is 0.979. The van der Waals surface area contributed by atoms with Gasteiger partial charge in [-0.15, -0.1) is 0 Å². The molecule has 3 nitrogen and oxygen atoms in total. The topological polar surface area (TPSA) is 38.7 Å². The zero-order chi connectivity index (χ0) is 40.8. The van der Waals surface area contributed by atoms with Crippen LogP contribution in [-0.2, 0) is 5.41 Å². The summed E-state index contributed by atoms with van der Waals surface area (Å²) >= 11 is 1.88. The quantitative estimate of drug-likeness (QED) is 0.166. The predicted molar refractivity (Wildman–Crippen MR) is 256 cm³/mol. The van der Waals surface area contributed by atoms with Crippen LogP contribution in [0.1, 0.15) is 22.3 Å². The highest BCUT2D eigenvalue weighted by Crippen LogP contribution is 2.63. The third-order valence-electron chi connectivity index (χ3n) is 12.9. The fourth-order valence-electron chi connectivity index (χ4n) is 10.2. The second-order valence-electron chi connectivity index (χ2n) is 16.2. The van der Waals surface area contributed by atoms with Gasteiger partial charge in [0, 0.05) is 42.6 Å². The van der Waals surface area contributed by atoms with E-state index in [0.717, 1.165) is 72.2 Å². The van der Waals surface area contributed by atoms with Crippen molar-refractivity contribution in [2.24, 2.45) is 0 Å². The first kappa shape index (κ1) is 35.1. The van der Waals surface area contributed by atoms with Crippen molar-refractivity contribution in [2.75, 3.05) is 0 Å². The molecule has 0 saturated carbocycles. The van der Waals surface area contributed by atoms with Crippen molar-refractivity contribution in [3.05, 3.63) is 235 Å². The van der Waals surface area contributed by atoms with Gasteiger partial charge in [-0.1, -0.05) is 182 Å². The molecule has 0 radical (unpaired) electrons. The first-order chi connectivity index (χ1) is 30.7. The Hall–Kier alpha value is -7.66. The number of aromatic nitrogens is 3. The minimum atomic E-state index is -0.448. The molecule has 62 heavy (non-hydrogen) atoms. The summed E-state index contributed by atoms with van der Waals surface area (Å²) in [4.78, 5) is 18.1. The summed E-state index contributed by atoms with van der Waals surface area (Å²) in [5, 5.41) is 4.56. The number of pyridine rings is 1. The fraction of sp³-hybridized carbons (Fsp3) is 0.0172. The Morgan fingerprint density at radius 3 is 1.66 bits per heavy atom. The molecule has 9 aromatic carbocycles. The average Bonchev–Trinajstić information content (AvgIpc) is 3.62. The van der Waals surface area contributed by atoms with Gasteiger partial charge in [-0.2, -0.15) is 0 Å². The number of nitrogens with zero attached hydrogens (tertiary/aromatic N) is 3. The van der Waals surface area contributed by atoms with Crippen LogP contribution in [0, 0.1) is 0 Å². The van der Waals surface area contributed by atoms with Crippen LogP contribution in [0.5, 0.6) is 0 Å². The number of hydrogen-bond donors (Lipinski definition) is 0. The van der Waals surface area contributed by atoms with E-state index in [2.05, 4.69) is 188 Å². The van der Waals surface area contributed by atoms with Crippen molar-refractivity contribution < 1.29 is 0 Å². The smallest absolute Gasteiger partial charge is 0.160 e. The van der Waals surface area contributed by atoms with E-state index in [4.69, 9.17) is 15.0 Å². The van der Waals surface area contributed by atoms with E-state index < -0.39 is 5.41 Å². The molecular weight excluding hydrogens is 771 g/mol. The lowest BCUT2D eigenvalue weighted by Gasteiger charge is -2.39. The Bertz CT molecular complexity index is 3570. The molecule has 288 valence electrons. The molecule has 1 spiro atoms. The lowest BCUT2D eigenvalue weighted by molar-refractivity contribution is 0.723. The van der Waals surface area contributed by atoms with Gasteiger partial charge in [0.15, 0.2) is 5.82 Å². The van der Waals surface area contributed by atoms with Crippen LogP contribution in [0.2, 0.25) is 0 Å². The van der Waals surface area contributed by atoms with E-state index in [1.165, 1.54) is 48.6 Å². The van der Waals surface area contributed by atoms with E-state index in [-0.39, 0.29) is 0 Å². The maximum absolute atomic E-state index is 5.46. The summed E-state index contributed by atoms with van der Waals surface area (Å²) in [6, 6.07) is 76.8. The van der Waals surface area contributed by atoms with Gasteiger partial charge >= 0.3 is 0 Å². The monoisotopic (exact) mass is 805 g/mol. The molecule has 0 bridgehead atoms. The largest absolute Gasteiger partial charge is 0.247 e. The van der Waals surface area contributed by atoms with Crippen LogP contribution >= 0.6 is 11.8 Å². The summed E-state index contributed by atoms with van der Waals surface area (Å²) in [6.07, 6.45) is 0. The standard InChI is InChI=1S/C58H35N3S/c1-2-15-38(16-3-1)57-60-52-26-11-6-21-43(52)55(61-57)37-31-29-36(30-32-37)39-17-14-18-40(33-39)56-46-34-45-41-19-4-7-22-47(41)58(50(45)35-44(46)42-20-5-10-25-51(42)59-56)48-23-8-12-27-53(48)62-54-28-13-9-24-49(54)58/h1-35H. The molecule has 0 fully saturated rings. The molecule has 0 unspecified atom stereocenters. The molecular formula is C58H35N3S. The van der Waals surface area contributed by atoms with Gasteiger partial charge in [0.05, 0.1) is 27.8 Å². The molecule has 13 rings (SSSR count). The van der Waals surface area contributed by atoms with Gasteiger partial charge in [0.1, 0.15) is 0 Å². The zero-order valence-electron chi connectivity index (χ0n) is 33.5. The van der Waals surface area contributed by atoms with Gasteiger partial charge in [-0.05, 0) is 92.4 Å². The Kier molecular flexibility index (Phi) is 7.75. The van der Waals surface area contributed by atoms with E-state index in [1.54, 1.807) is 0 Å². The van der Waals surface area contributed by atoms with E-state index in [9.17, 15) is 0 Å². The summed E-state index contributed by atoms with van der Waals surface area (Å²) in [5.74, 6) is 0.725. The van der Waals surface area contributed by atoms with Gasteiger partial charge < -0.3 is 0 Å². The van der Waals surface area contributed by atoms with Gasteiger partial charge in [0.2, 0.25) is 0 Å². The highest BCUT2D eigenvalue weighted by Gasteiger charge is 2.50. The molecule has 0 saturated heterocycles. The molecule has 0 amide bonds. The van der Waals surface area contributed by atoms with Crippen LogP contribution in [0.25, 0.3) is 88.7 Å². The Morgan fingerprint density at radius 2 is 0.887 bits per heavy atom. The third kappa shape index (κ3) is 5.17. The van der Waals surface area contributed by atoms with Crippen molar-refractivity contribution in [1.82, 2.24) is 15.0 Å². The minimum Gasteiger partial charge on any atom is -0.247 e. The Labute approximate surface area is 363 Å². The molecule has 0 N–H and O–H groups in total. The highest BCUT2D eigenvalue weighted by atomic mass is 32.2. The Morgan fingerprint density at radius 1 is 0.306 bits per heavy atom. The fourth-order valence-corrected chi connectivity index (χ4v) is 11.4.